The number of nitriles is 1. The summed E-state index contributed by atoms with van der Waals surface area (Å²) in [7, 11) is 0. The molecule has 14 heteroatoms. The molecule has 1 saturated heterocycles. The Morgan fingerprint density at radius 2 is 2.06 bits per heavy atom. The van der Waals surface area contributed by atoms with Gasteiger partial charge in [-0.2, -0.15) is 23.5 Å². The van der Waals surface area contributed by atoms with Crippen molar-refractivity contribution in [3.63, 3.8) is 0 Å². The highest BCUT2D eigenvalue weighted by Gasteiger charge is 2.47. The Kier molecular flexibility index (Phi) is 6.99. The molecule has 1 N–H and O–H groups in total. The van der Waals surface area contributed by atoms with Crippen molar-refractivity contribution in [2.24, 2.45) is 0 Å². The normalized spacial score (nSPS) is 17.6. The molecule has 2 aromatic rings. The molecule has 1 aromatic carbocycles. The fourth-order valence-electron chi connectivity index (χ4n) is 3.25. The average Bonchev–Trinajstić information content (AvgIpc) is 3.29. The topological polar surface area (TPSA) is 91.0 Å². The lowest BCUT2D eigenvalue weighted by Crippen LogP contribution is -2.43. The number of carbonyl (C=O) groups excluding carboxylic acids is 2. The lowest BCUT2D eigenvalue weighted by molar-refractivity contribution is -0.141. The maximum Gasteiger partial charge on any atom is 0.435 e. The Bertz CT molecular complexity index is 1130. The first kappa shape index (κ1) is 24.9. The number of carbonyl (C=O) groups is 2. The van der Waals surface area contributed by atoms with Gasteiger partial charge in [0.05, 0.1) is 36.3 Å². The Morgan fingerprint density at radius 1 is 1.36 bits per heavy atom. The minimum absolute atomic E-state index is 0.130. The molecule has 33 heavy (non-hydrogen) atoms. The van der Waals surface area contributed by atoms with Crippen molar-refractivity contribution in [3.05, 3.63) is 50.7 Å². The van der Waals surface area contributed by atoms with Crippen LogP contribution in [0.5, 0.6) is 0 Å². The van der Waals surface area contributed by atoms with Crippen LogP contribution in [0.4, 0.5) is 22.0 Å². The number of likely N-dealkylation sites (tertiary alicyclic amines) is 1. The van der Waals surface area contributed by atoms with E-state index < -0.39 is 60.7 Å². The lowest BCUT2D eigenvalue weighted by atomic mass is 10.2. The van der Waals surface area contributed by atoms with Gasteiger partial charge < -0.3 is 10.2 Å². The minimum atomic E-state index is -4.97. The number of amides is 2. The second-order valence-electron chi connectivity index (χ2n) is 7.24. The van der Waals surface area contributed by atoms with Gasteiger partial charge in [0.1, 0.15) is 6.04 Å². The molecule has 0 spiro atoms. The molecule has 2 amide bonds. The SMILES string of the molecule is N#C[C@@H]1CC(F)(F)CN1C(=O)CNC(=O)c1cn(Cc2ccc(Br)c(Cl)c2)nc1C(F)(F)F. The Balaban J connectivity index is 1.75. The van der Waals surface area contributed by atoms with Crippen molar-refractivity contribution in [2.45, 2.75) is 31.1 Å². The minimum Gasteiger partial charge on any atom is -0.343 e. The third-order valence-corrected chi connectivity index (χ3v) is 5.98. The molecule has 1 aliphatic heterocycles. The zero-order valence-electron chi connectivity index (χ0n) is 16.5. The number of benzene rings is 1. The summed E-state index contributed by atoms with van der Waals surface area (Å²) in [6, 6.07) is 4.88. The van der Waals surface area contributed by atoms with Crippen LogP contribution in [-0.2, 0) is 17.5 Å². The third-order valence-electron chi connectivity index (χ3n) is 4.74. The second-order valence-corrected chi connectivity index (χ2v) is 8.51. The maximum absolute atomic E-state index is 13.5. The van der Waals surface area contributed by atoms with Crippen LogP contribution in [0, 0.1) is 11.3 Å². The molecular formula is C19H14BrClF5N5O2. The predicted octanol–water partition coefficient (Wildman–Crippen LogP) is 3.86. The van der Waals surface area contributed by atoms with E-state index >= 15 is 0 Å². The van der Waals surface area contributed by atoms with Crippen LogP contribution in [0.15, 0.2) is 28.9 Å². The largest absolute Gasteiger partial charge is 0.435 e. The number of hydrogen-bond acceptors (Lipinski definition) is 4. The summed E-state index contributed by atoms with van der Waals surface area (Å²) >= 11 is 9.18. The number of alkyl halides is 5. The van der Waals surface area contributed by atoms with Crippen LogP contribution in [0.2, 0.25) is 5.02 Å². The van der Waals surface area contributed by atoms with E-state index in [2.05, 4.69) is 21.0 Å². The standard InChI is InChI=1S/C19H14BrClF5N5O2/c20-13-2-1-10(3-14(13)21)7-30-8-12(16(29-30)19(24,25)26)17(33)28-6-15(32)31-9-18(22,23)4-11(31)5-27/h1-3,8,11H,4,6-7,9H2,(H,28,33)/t11-/m0/s1. The third kappa shape index (κ3) is 5.80. The van der Waals surface area contributed by atoms with Gasteiger partial charge in [-0.3, -0.25) is 14.3 Å². The van der Waals surface area contributed by atoms with E-state index in [0.29, 0.717) is 20.0 Å². The van der Waals surface area contributed by atoms with Crippen LogP contribution in [0.3, 0.4) is 0 Å². The van der Waals surface area contributed by atoms with E-state index in [1.54, 1.807) is 18.2 Å². The molecule has 0 radical (unpaired) electrons. The fraction of sp³-hybridized carbons (Fsp3) is 0.368. The van der Waals surface area contributed by atoms with Gasteiger partial charge in [-0.15, -0.1) is 0 Å². The Labute approximate surface area is 197 Å². The first-order valence-electron chi connectivity index (χ1n) is 9.24. The lowest BCUT2D eigenvalue weighted by Gasteiger charge is -2.19. The number of nitrogens with one attached hydrogen (secondary N) is 1. The van der Waals surface area contributed by atoms with Crippen molar-refractivity contribution in [3.8, 4) is 6.07 Å². The van der Waals surface area contributed by atoms with Crippen LogP contribution >= 0.6 is 27.5 Å². The summed E-state index contributed by atoms with van der Waals surface area (Å²) in [4.78, 5) is 25.2. The summed E-state index contributed by atoms with van der Waals surface area (Å²) in [5.41, 5.74) is -1.81. The highest BCUT2D eigenvalue weighted by Crippen LogP contribution is 2.32. The molecule has 1 aromatic heterocycles. The summed E-state index contributed by atoms with van der Waals surface area (Å²) in [6.45, 7) is -2.01. The summed E-state index contributed by atoms with van der Waals surface area (Å²) in [6.07, 6.45) is -4.96. The van der Waals surface area contributed by atoms with Crippen LogP contribution < -0.4 is 5.32 Å². The number of halogens is 7. The van der Waals surface area contributed by atoms with E-state index in [4.69, 9.17) is 16.9 Å². The van der Waals surface area contributed by atoms with Gasteiger partial charge in [0, 0.05) is 17.1 Å². The quantitative estimate of drug-likeness (QED) is 0.569. The highest BCUT2D eigenvalue weighted by atomic mass is 79.9. The van der Waals surface area contributed by atoms with Gasteiger partial charge in [-0.25, -0.2) is 8.78 Å². The molecule has 1 aliphatic rings. The Morgan fingerprint density at radius 3 is 2.67 bits per heavy atom. The predicted molar refractivity (Wildman–Crippen MR) is 108 cm³/mol. The zero-order chi connectivity index (χ0) is 24.6. The monoisotopic (exact) mass is 553 g/mol. The molecule has 0 bridgehead atoms. The molecule has 0 unspecified atom stereocenters. The molecule has 3 rings (SSSR count). The summed E-state index contributed by atoms with van der Waals surface area (Å²) < 4.78 is 68.7. The van der Waals surface area contributed by atoms with Gasteiger partial charge >= 0.3 is 6.18 Å². The molecule has 1 fully saturated rings. The first-order valence-corrected chi connectivity index (χ1v) is 10.4. The van der Waals surface area contributed by atoms with Crippen LogP contribution in [0.1, 0.15) is 28.0 Å². The first-order chi connectivity index (χ1) is 15.3. The number of aromatic nitrogens is 2. The summed E-state index contributed by atoms with van der Waals surface area (Å²) in [5, 5.41) is 14.7. The van der Waals surface area contributed by atoms with E-state index in [-0.39, 0.29) is 6.54 Å². The van der Waals surface area contributed by atoms with E-state index in [0.717, 1.165) is 10.9 Å². The van der Waals surface area contributed by atoms with Gasteiger partial charge in [-0.1, -0.05) is 17.7 Å². The van der Waals surface area contributed by atoms with Gasteiger partial charge in [0.2, 0.25) is 5.91 Å². The van der Waals surface area contributed by atoms with E-state index in [1.165, 1.54) is 6.07 Å². The molecular weight excluding hydrogens is 541 g/mol. The molecule has 7 nitrogen and oxygen atoms in total. The fourth-order valence-corrected chi connectivity index (χ4v) is 3.70. The van der Waals surface area contributed by atoms with Gasteiger partial charge in [0.25, 0.3) is 11.8 Å². The van der Waals surface area contributed by atoms with Crippen molar-refractivity contribution in [1.82, 2.24) is 20.0 Å². The van der Waals surface area contributed by atoms with Gasteiger partial charge in [-0.05, 0) is 33.6 Å². The highest BCUT2D eigenvalue weighted by molar-refractivity contribution is 9.10. The van der Waals surface area contributed by atoms with E-state index in [1.807, 2.05) is 5.32 Å². The molecule has 1 atom stereocenters. The van der Waals surface area contributed by atoms with Crippen molar-refractivity contribution in [1.29, 1.82) is 5.26 Å². The van der Waals surface area contributed by atoms with Crippen molar-refractivity contribution in [2.75, 3.05) is 13.1 Å². The van der Waals surface area contributed by atoms with Crippen LogP contribution in [-0.4, -0.2) is 51.5 Å². The van der Waals surface area contributed by atoms with E-state index in [9.17, 15) is 31.5 Å². The zero-order valence-corrected chi connectivity index (χ0v) is 18.8. The molecule has 176 valence electrons. The van der Waals surface area contributed by atoms with Gasteiger partial charge in [0.15, 0.2) is 5.69 Å². The average molecular weight is 555 g/mol. The van der Waals surface area contributed by atoms with Crippen molar-refractivity contribution >= 4 is 39.3 Å². The number of rotatable bonds is 5. The summed E-state index contributed by atoms with van der Waals surface area (Å²) in [5.74, 6) is -5.55. The second kappa shape index (κ2) is 9.26. The Hall–Kier alpha value is -2.72. The molecule has 2 heterocycles. The molecule has 0 aliphatic carbocycles. The number of nitrogens with zero attached hydrogens (tertiary/aromatic N) is 4. The number of hydrogen-bond donors (Lipinski definition) is 1. The van der Waals surface area contributed by atoms with Crippen LogP contribution in [0.25, 0.3) is 0 Å². The smallest absolute Gasteiger partial charge is 0.343 e. The maximum atomic E-state index is 13.5. The molecule has 0 saturated carbocycles. The van der Waals surface area contributed by atoms with Crippen molar-refractivity contribution < 1.29 is 31.5 Å².